The van der Waals surface area contributed by atoms with Crippen LogP contribution < -0.4 is 0 Å². The lowest BCUT2D eigenvalue weighted by Crippen LogP contribution is -2.41. The highest BCUT2D eigenvalue weighted by molar-refractivity contribution is 4.75. The topological polar surface area (TPSA) is 32.7 Å². The number of nitrogens with zero attached hydrogens (tertiary/aromatic N) is 1. The summed E-state index contributed by atoms with van der Waals surface area (Å²) in [7, 11) is 4.07. The predicted molar refractivity (Wildman–Crippen MR) is 43.3 cm³/mol. The van der Waals surface area contributed by atoms with Crippen LogP contribution in [-0.2, 0) is 4.74 Å². The van der Waals surface area contributed by atoms with Gasteiger partial charge < -0.3 is 14.7 Å². The monoisotopic (exact) mass is 159 g/mol. The molecule has 0 aromatic rings. The molecule has 11 heavy (non-hydrogen) atoms. The lowest BCUT2D eigenvalue weighted by molar-refractivity contribution is -0.172. The highest BCUT2D eigenvalue weighted by Crippen LogP contribution is 2.20. The van der Waals surface area contributed by atoms with Crippen LogP contribution in [0.15, 0.2) is 0 Å². The van der Waals surface area contributed by atoms with Crippen molar-refractivity contribution >= 4 is 0 Å². The lowest BCUT2D eigenvalue weighted by Gasteiger charge is -2.34. The highest BCUT2D eigenvalue weighted by Gasteiger charge is 2.26. The van der Waals surface area contributed by atoms with Crippen LogP contribution in [0.4, 0.5) is 0 Å². The molecule has 0 spiro atoms. The molecule has 0 saturated carbocycles. The van der Waals surface area contributed by atoms with Gasteiger partial charge in [0.25, 0.3) is 0 Å². The molecule has 1 N–H and O–H groups in total. The number of aliphatic hydroxyl groups excluding tert-OH is 1. The maximum Gasteiger partial charge on any atom is 0.156 e. The first kappa shape index (κ1) is 8.97. The van der Waals surface area contributed by atoms with E-state index in [0.717, 1.165) is 12.8 Å². The second kappa shape index (κ2) is 3.52. The first-order valence-corrected chi connectivity index (χ1v) is 4.09. The molecule has 1 saturated heterocycles. The maximum absolute atomic E-state index is 9.25. The van der Waals surface area contributed by atoms with E-state index in [1.807, 2.05) is 21.0 Å². The summed E-state index contributed by atoms with van der Waals surface area (Å²) in [5, 5.41) is 9.25. The van der Waals surface area contributed by atoms with E-state index >= 15 is 0 Å². The van der Waals surface area contributed by atoms with E-state index < -0.39 is 6.29 Å². The van der Waals surface area contributed by atoms with Crippen LogP contribution in [0.5, 0.6) is 0 Å². The molecule has 1 aliphatic rings. The molecule has 1 aliphatic heterocycles. The Bertz CT molecular complexity index is 117. The van der Waals surface area contributed by atoms with Crippen molar-refractivity contribution in [2.45, 2.75) is 38.2 Å². The molecule has 66 valence electrons. The average Bonchev–Trinajstić information content (AvgIpc) is 1.85. The zero-order chi connectivity index (χ0) is 8.43. The second-order valence-corrected chi connectivity index (χ2v) is 3.49. The first-order valence-electron chi connectivity index (χ1n) is 4.09. The summed E-state index contributed by atoms with van der Waals surface area (Å²) in [4.78, 5) is 2.14. The highest BCUT2D eigenvalue weighted by atomic mass is 16.6. The standard InChI is InChI=1S/C8H17NO2/c1-6-4-7(9(2)3)5-8(10)11-6/h6-8,10H,4-5H2,1-3H3/t6?,7-,8?/m1/s1. The molecule has 3 heteroatoms. The Morgan fingerprint density at radius 2 is 2.00 bits per heavy atom. The molecule has 0 bridgehead atoms. The maximum atomic E-state index is 9.25. The van der Waals surface area contributed by atoms with E-state index in [-0.39, 0.29) is 6.10 Å². The van der Waals surface area contributed by atoms with Crippen molar-refractivity contribution in [1.82, 2.24) is 4.90 Å². The Hall–Kier alpha value is -0.120. The Morgan fingerprint density at radius 1 is 1.36 bits per heavy atom. The minimum absolute atomic E-state index is 0.186. The van der Waals surface area contributed by atoms with Crippen LogP contribution in [-0.4, -0.2) is 42.5 Å². The predicted octanol–water partition coefficient (Wildman–Crippen LogP) is 0.434. The van der Waals surface area contributed by atoms with E-state index in [1.165, 1.54) is 0 Å². The van der Waals surface area contributed by atoms with Crippen molar-refractivity contribution in [1.29, 1.82) is 0 Å². The fourth-order valence-corrected chi connectivity index (χ4v) is 1.51. The van der Waals surface area contributed by atoms with Gasteiger partial charge in [0.15, 0.2) is 6.29 Å². The minimum atomic E-state index is -0.564. The van der Waals surface area contributed by atoms with Crippen molar-refractivity contribution in [3.8, 4) is 0 Å². The molecule has 0 radical (unpaired) electrons. The third-order valence-electron chi connectivity index (χ3n) is 2.20. The summed E-state index contributed by atoms with van der Waals surface area (Å²) < 4.78 is 5.20. The van der Waals surface area contributed by atoms with Gasteiger partial charge in [-0.3, -0.25) is 0 Å². The van der Waals surface area contributed by atoms with Crippen molar-refractivity contribution in [2.24, 2.45) is 0 Å². The minimum Gasteiger partial charge on any atom is -0.368 e. The average molecular weight is 159 g/mol. The van der Waals surface area contributed by atoms with E-state index in [2.05, 4.69) is 4.90 Å². The van der Waals surface area contributed by atoms with E-state index in [0.29, 0.717) is 6.04 Å². The zero-order valence-electron chi connectivity index (χ0n) is 7.45. The second-order valence-electron chi connectivity index (χ2n) is 3.49. The lowest BCUT2D eigenvalue weighted by atomic mass is 10.0. The SMILES string of the molecule is CC1C[C@@H](N(C)C)CC(O)O1. The van der Waals surface area contributed by atoms with Gasteiger partial charge in [-0.1, -0.05) is 0 Å². The molecule has 3 nitrogen and oxygen atoms in total. The Kier molecular flexibility index (Phi) is 2.87. The summed E-state index contributed by atoms with van der Waals surface area (Å²) in [5.41, 5.74) is 0. The first-order chi connectivity index (χ1) is 5.09. The van der Waals surface area contributed by atoms with Gasteiger partial charge in [-0.2, -0.15) is 0 Å². The van der Waals surface area contributed by atoms with Gasteiger partial charge in [-0.25, -0.2) is 0 Å². The molecule has 0 aromatic heterocycles. The molecule has 2 unspecified atom stereocenters. The largest absolute Gasteiger partial charge is 0.368 e. The fourth-order valence-electron chi connectivity index (χ4n) is 1.51. The third-order valence-corrected chi connectivity index (χ3v) is 2.20. The van der Waals surface area contributed by atoms with E-state index in [9.17, 15) is 5.11 Å². The van der Waals surface area contributed by atoms with Crippen LogP contribution in [0.3, 0.4) is 0 Å². The summed E-state index contributed by atoms with van der Waals surface area (Å²) >= 11 is 0. The third kappa shape index (κ3) is 2.43. The number of rotatable bonds is 1. The van der Waals surface area contributed by atoms with Crippen LogP contribution in [0, 0.1) is 0 Å². The summed E-state index contributed by atoms with van der Waals surface area (Å²) in [6.07, 6.45) is 1.37. The number of aliphatic hydroxyl groups is 1. The van der Waals surface area contributed by atoms with Crippen molar-refractivity contribution < 1.29 is 9.84 Å². The van der Waals surface area contributed by atoms with Crippen molar-refractivity contribution in [2.75, 3.05) is 14.1 Å². The van der Waals surface area contributed by atoms with Gasteiger partial charge in [-0.05, 0) is 27.4 Å². The summed E-state index contributed by atoms with van der Waals surface area (Å²) in [5.74, 6) is 0. The number of hydrogen-bond donors (Lipinski definition) is 1. The van der Waals surface area contributed by atoms with Crippen LogP contribution in [0.1, 0.15) is 19.8 Å². The van der Waals surface area contributed by atoms with Crippen LogP contribution >= 0.6 is 0 Å². The van der Waals surface area contributed by atoms with E-state index in [1.54, 1.807) is 0 Å². The molecule has 0 aromatic carbocycles. The van der Waals surface area contributed by atoms with Crippen LogP contribution in [0.25, 0.3) is 0 Å². The normalized spacial score (nSPS) is 39.5. The van der Waals surface area contributed by atoms with Crippen molar-refractivity contribution in [3.63, 3.8) is 0 Å². The zero-order valence-corrected chi connectivity index (χ0v) is 7.45. The number of hydrogen-bond acceptors (Lipinski definition) is 3. The van der Waals surface area contributed by atoms with Gasteiger partial charge in [0, 0.05) is 12.5 Å². The molecular weight excluding hydrogens is 142 g/mol. The summed E-state index contributed by atoms with van der Waals surface area (Å²) in [6.45, 7) is 2.00. The molecule has 0 amide bonds. The van der Waals surface area contributed by atoms with E-state index in [4.69, 9.17) is 4.74 Å². The van der Waals surface area contributed by atoms with Gasteiger partial charge in [0.1, 0.15) is 0 Å². The van der Waals surface area contributed by atoms with Crippen molar-refractivity contribution in [3.05, 3.63) is 0 Å². The molecule has 1 fully saturated rings. The number of ether oxygens (including phenoxy) is 1. The Labute approximate surface area is 68.0 Å². The molecule has 0 aliphatic carbocycles. The molecule has 3 atom stereocenters. The molecular formula is C8H17NO2. The molecule has 1 heterocycles. The van der Waals surface area contributed by atoms with Gasteiger partial charge >= 0.3 is 0 Å². The van der Waals surface area contributed by atoms with Gasteiger partial charge in [0.2, 0.25) is 0 Å². The Balaban J connectivity index is 2.43. The van der Waals surface area contributed by atoms with Crippen LogP contribution in [0.2, 0.25) is 0 Å². The van der Waals surface area contributed by atoms with Gasteiger partial charge in [0.05, 0.1) is 6.10 Å². The Morgan fingerprint density at radius 3 is 2.45 bits per heavy atom. The molecule has 1 rings (SSSR count). The smallest absolute Gasteiger partial charge is 0.156 e. The summed E-state index contributed by atoms with van der Waals surface area (Å²) in [6, 6.07) is 0.466. The fraction of sp³-hybridized carbons (Fsp3) is 1.00. The quantitative estimate of drug-likeness (QED) is 0.602. The van der Waals surface area contributed by atoms with Gasteiger partial charge in [-0.15, -0.1) is 0 Å².